The summed E-state index contributed by atoms with van der Waals surface area (Å²) < 4.78 is 43.3. The number of benzene rings is 1. The van der Waals surface area contributed by atoms with E-state index >= 15 is 0 Å². The largest absolute Gasteiger partial charge is 0.456 e. The van der Waals surface area contributed by atoms with E-state index in [9.17, 15) is 12.8 Å². The fourth-order valence-corrected chi connectivity index (χ4v) is 2.67. The third-order valence-corrected chi connectivity index (χ3v) is 5.01. The summed E-state index contributed by atoms with van der Waals surface area (Å²) in [5.74, 6) is 0.894. The van der Waals surface area contributed by atoms with Crippen LogP contribution >= 0.6 is 0 Å². The van der Waals surface area contributed by atoms with Crippen molar-refractivity contribution in [2.24, 2.45) is 0 Å². The second-order valence-corrected chi connectivity index (χ2v) is 7.22. The minimum Gasteiger partial charge on any atom is -0.456 e. The van der Waals surface area contributed by atoms with Gasteiger partial charge < -0.3 is 4.42 Å². The molecule has 0 radical (unpaired) electrons. The van der Waals surface area contributed by atoms with Gasteiger partial charge in [0, 0.05) is 24.4 Å². The summed E-state index contributed by atoms with van der Waals surface area (Å²) in [6, 6.07) is 9.52. The zero-order valence-electron chi connectivity index (χ0n) is 12.7. The lowest BCUT2D eigenvalue weighted by Crippen LogP contribution is -2.23. The fraction of sp³-hybridized carbons (Fsp3) is 0.250. The molecule has 1 aromatic carbocycles. The van der Waals surface area contributed by atoms with E-state index in [1.54, 1.807) is 38.1 Å². The lowest BCUT2D eigenvalue weighted by Gasteiger charge is -2.14. The quantitative estimate of drug-likeness (QED) is 0.842. The summed E-state index contributed by atoms with van der Waals surface area (Å²) in [5, 5.41) is 0. The Kier molecular flexibility index (Phi) is 4.71. The van der Waals surface area contributed by atoms with Gasteiger partial charge in [-0.2, -0.15) is 0 Å². The molecule has 0 fully saturated rings. The first-order chi connectivity index (χ1) is 10.3. The van der Waals surface area contributed by atoms with Gasteiger partial charge in [-0.3, -0.25) is 4.31 Å². The van der Waals surface area contributed by atoms with E-state index in [1.807, 2.05) is 0 Å². The first kappa shape index (κ1) is 16.3. The average molecular weight is 323 g/mol. The van der Waals surface area contributed by atoms with E-state index in [2.05, 4.69) is 0 Å². The van der Waals surface area contributed by atoms with Gasteiger partial charge in [-0.05, 0) is 50.2 Å². The van der Waals surface area contributed by atoms with E-state index < -0.39 is 10.0 Å². The molecule has 6 heteroatoms. The number of allylic oxidation sites excluding steroid dienone is 1. The Labute approximate surface area is 129 Å². The number of furan rings is 1. The van der Waals surface area contributed by atoms with Crippen molar-refractivity contribution in [1.82, 2.24) is 4.31 Å². The maximum atomic E-state index is 12.9. The predicted molar refractivity (Wildman–Crippen MR) is 85.0 cm³/mol. The summed E-state index contributed by atoms with van der Waals surface area (Å²) >= 11 is 0. The molecule has 2 rings (SSSR count). The highest BCUT2D eigenvalue weighted by Crippen LogP contribution is 2.26. The summed E-state index contributed by atoms with van der Waals surface area (Å²) in [4.78, 5) is 0. The van der Waals surface area contributed by atoms with Crippen LogP contribution in [0.15, 0.2) is 47.0 Å². The van der Waals surface area contributed by atoms with Gasteiger partial charge in [0.1, 0.15) is 17.3 Å². The third kappa shape index (κ3) is 3.57. The van der Waals surface area contributed by atoms with Crippen LogP contribution < -0.4 is 0 Å². The van der Waals surface area contributed by atoms with Crippen molar-refractivity contribution < 1.29 is 17.2 Å². The highest BCUT2D eigenvalue weighted by atomic mass is 32.2. The molecule has 0 N–H and O–H groups in total. The van der Waals surface area contributed by atoms with E-state index in [0.29, 0.717) is 17.1 Å². The van der Waals surface area contributed by atoms with Gasteiger partial charge in [0.05, 0.1) is 5.75 Å². The second-order valence-electron chi connectivity index (χ2n) is 4.90. The summed E-state index contributed by atoms with van der Waals surface area (Å²) in [5.41, 5.74) is 1.45. The molecule has 0 unspecified atom stereocenters. The van der Waals surface area contributed by atoms with Gasteiger partial charge in [0.15, 0.2) is 0 Å². The molecule has 0 spiro atoms. The maximum absolute atomic E-state index is 12.9. The Morgan fingerprint density at radius 1 is 1.23 bits per heavy atom. The zero-order valence-corrected chi connectivity index (χ0v) is 13.5. The first-order valence-corrected chi connectivity index (χ1v) is 8.44. The average Bonchev–Trinajstić information content (AvgIpc) is 2.97. The van der Waals surface area contributed by atoms with Gasteiger partial charge in [-0.25, -0.2) is 12.8 Å². The number of halogens is 1. The number of rotatable bonds is 5. The molecule has 22 heavy (non-hydrogen) atoms. The molecule has 1 heterocycles. The van der Waals surface area contributed by atoms with Gasteiger partial charge in [-0.15, -0.1) is 0 Å². The van der Waals surface area contributed by atoms with Crippen LogP contribution in [0.4, 0.5) is 4.39 Å². The van der Waals surface area contributed by atoms with Crippen molar-refractivity contribution in [3.63, 3.8) is 0 Å². The minimum absolute atomic E-state index is 0.0340. The van der Waals surface area contributed by atoms with Crippen LogP contribution in [0.3, 0.4) is 0 Å². The third-order valence-electron chi connectivity index (χ3n) is 3.30. The number of sulfonamides is 1. The van der Waals surface area contributed by atoms with E-state index in [0.717, 1.165) is 5.56 Å². The molecule has 118 valence electrons. The number of hydrogen-bond donors (Lipinski definition) is 0. The standard InChI is InChI=1S/C16H18FNO3S/c1-4-22(19,20)18(3)11-12(2)15-9-10-16(21-15)13-5-7-14(17)8-6-13/h5-11H,4H2,1-3H3/b12-11+. The summed E-state index contributed by atoms with van der Waals surface area (Å²) in [7, 11) is -1.79. The van der Waals surface area contributed by atoms with Crippen LogP contribution in [0.1, 0.15) is 19.6 Å². The highest BCUT2D eigenvalue weighted by molar-refractivity contribution is 7.89. The van der Waals surface area contributed by atoms with Crippen molar-refractivity contribution in [3.05, 3.63) is 54.2 Å². The molecule has 0 aliphatic rings. The van der Waals surface area contributed by atoms with Crippen LogP contribution in [0.5, 0.6) is 0 Å². The summed E-state index contributed by atoms with van der Waals surface area (Å²) in [6.45, 7) is 3.36. The van der Waals surface area contributed by atoms with Crippen molar-refractivity contribution in [1.29, 1.82) is 0 Å². The van der Waals surface area contributed by atoms with Crippen LogP contribution in [0.2, 0.25) is 0 Å². The molecular weight excluding hydrogens is 305 g/mol. The second kappa shape index (κ2) is 6.36. The van der Waals surface area contributed by atoms with Gasteiger partial charge in [0.25, 0.3) is 0 Å². The van der Waals surface area contributed by atoms with Gasteiger partial charge >= 0.3 is 0 Å². The van der Waals surface area contributed by atoms with Crippen LogP contribution in [0, 0.1) is 5.82 Å². The highest BCUT2D eigenvalue weighted by Gasteiger charge is 2.13. The Morgan fingerprint density at radius 3 is 2.45 bits per heavy atom. The van der Waals surface area contributed by atoms with Gasteiger partial charge in [-0.1, -0.05) is 0 Å². The molecule has 0 bridgehead atoms. The normalized spacial score (nSPS) is 12.5. The van der Waals surface area contributed by atoms with Crippen molar-refractivity contribution in [3.8, 4) is 11.3 Å². The fourth-order valence-electron chi connectivity index (χ4n) is 1.94. The molecular formula is C16H18FNO3S. The molecule has 0 amide bonds. The predicted octanol–water partition coefficient (Wildman–Crippen LogP) is 3.73. The summed E-state index contributed by atoms with van der Waals surface area (Å²) in [6.07, 6.45) is 1.52. The smallest absolute Gasteiger partial charge is 0.234 e. The van der Waals surface area contributed by atoms with Crippen molar-refractivity contribution in [2.45, 2.75) is 13.8 Å². The molecule has 0 saturated heterocycles. The van der Waals surface area contributed by atoms with Crippen molar-refractivity contribution >= 4 is 15.6 Å². The molecule has 0 saturated carbocycles. The molecule has 2 aromatic rings. The number of hydrogen-bond acceptors (Lipinski definition) is 3. The minimum atomic E-state index is -3.28. The van der Waals surface area contributed by atoms with E-state index in [1.165, 1.54) is 29.7 Å². The number of nitrogens with zero attached hydrogens (tertiary/aromatic N) is 1. The lowest BCUT2D eigenvalue weighted by atomic mass is 10.2. The molecule has 0 aliphatic carbocycles. The molecule has 0 atom stereocenters. The van der Waals surface area contributed by atoms with Crippen LogP contribution in [-0.4, -0.2) is 25.5 Å². The monoisotopic (exact) mass is 323 g/mol. The molecule has 4 nitrogen and oxygen atoms in total. The van der Waals surface area contributed by atoms with Gasteiger partial charge in [0.2, 0.25) is 10.0 Å². The first-order valence-electron chi connectivity index (χ1n) is 6.84. The maximum Gasteiger partial charge on any atom is 0.234 e. The SMILES string of the molecule is CCS(=O)(=O)N(C)/C=C(\C)c1ccc(-c2ccc(F)cc2)o1. The topological polar surface area (TPSA) is 50.5 Å². The van der Waals surface area contributed by atoms with Crippen molar-refractivity contribution in [2.75, 3.05) is 12.8 Å². The Balaban J connectivity index is 2.26. The Morgan fingerprint density at radius 2 is 1.86 bits per heavy atom. The van der Waals surface area contributed by atoms with E-state index in [-0.39, 0.29) is 11.6 Å². The lowest BCUT2D eigenvalue weighted by molar-refractivity contribution is 0.538. The van der Waals surface area contributed by atoms with Crippen LogP contribution in [-0.2, 0) is 10.0 Å². The van der Waals surface area contributed by atoms with E-state index in [4.69, 9.17) is 4.42 Å². The zero-order chi connectivity index (χ0) is 16.3. The Bertz CT molecular complexity index is 776. The van der Waals surface area contributed by atoms with Crippen LogP contribution in [0.25, 0.3) is 16.9 Å². The molecule has 0 aliphatic heterocycles. The molecule has 1 aromatic heterocycles. The Hall–Kier alpha value is -2.08.